The molecule has 2 aromatic carbocycles. The van der Waals surface area contributed by atoms with Gasteiger partial charge < -0.3 is 15.1 Å². The molecule has 184 valence electrons. The molecule has 3 unspecified atom stereocenters. The topological polar surface area (TPSA) is 107 Å². The number of amides is 5. The van der Waals surface area contributed by atoms with Crippen molar-refractivity contribution >= 4 is 56.7 Å². The van der Waals surface area contributed by atoms with E-state index in [1.54, 1.807) is 0 Å². The van der Waals surface area contributed by atoms with Crippen LogP contribution in [0.15, 0.2) is 47.4 Å². The van der Waals surface area contributed by atoms with Crippen molar-refractivity contribution in [2.24, 2.45) is 0 Å². The van der Waals surface area contributed by atoms with Crippen LogP contribution < -0.4 is 5.32 Å². The number of carbonyl (C=O) groups is 3. The zero-order chi connectivity index (χ0) is 25.1. The molecule has 2 heterocycles. The first kappa shape index (κ1) is 23.9. The highest BCUT2D eigenvalue weighted by molar-refractivity contribution is 7.90. The fraction of sp³-hybridized carbons (Fsp3) is 0.348. The molecule has 3 aliphatic rings. The van der Waals surface area contributed by atoms with E-state index in [2.05, 4.69) is 5.32 Å². The van der Waals surface area contributed by atoms with Gasteiger partial charge in [0.25, 0.3) is 5.91 Å². The van der Waals surface area contributed by atoms with E-state index in [-0.39, 0.29) is 64.2 Å². The zero-order valence-electron chi connectivity index (χ0n) is 18.6. The first-order valence-corrected chi connectivity index (χ1v) is 13.6. The predicted molar refractivity (Wildman–Crippen MR) is 130 cm³/mol. The number of carbonyl (C=O) groups excluding carboxylic acids is 3. The third-order valence-corrected chi connectivity index (χ3v) is 8.32. The SMILES string of the molecule is CS(=O)(=O)c1cc(Cl)c(NC(=O)N2CCN3C(=O)N(C4CC4c4ccccc4)C(=O)C3C2)c(Cl)c1. The standard InChI is InChI=1S/C23H22Cl2N4O5S/c1-35(33,34)14-9-16(24)20(17(25)10-14)26-22(31)27-7-8-28-19(12-27)21(30)29(23(28)32)18-11-15(18)13-5-3-2-4-6-13/h2-6,9-10,15,18-19H,7-8,11-12H2,1H3,(H,26,31). The fourth-order valence-electron chi connectivity index (χ4n) is 4.70. The molecule has 2 aromatic rings. The second-order valence-electron chi connectivity index (χ2n) is 8.93. The van der Waals surface area contributed by atoms with Crippen LogP contribution in [0.5, 0.6) is 0 Å². The van der Waals surface area contributed by atoms with Gasteiger partial charge in [-0.05, 0) is 24.1 Å². The van der Waals surface area contributed by atoms with Crippen molar-refractivity contribution in [1.29, 1.82) is 0 Å². The van der Waals surface area contributed by atoms with E-state index in [0.29, 0.717) is 0 Å². The van der Waals surface area contributed by atoms with Gasteiger partial charge in [0.1, 0.15) is 6.04 Å². The number of anilines is 1. The van der Waals surface area contributed by atoms with Gasteiger partial charge in [0, 0.05) is 31.3 Å². The lowest BCUT2D eigenvalue weighted by atomic mass is 10.1. The van der Waals surface area contributed by atoms with Gasteiger partial charge in [0.2, 0.25) is 0 Å². The maximum absolute atomic E-state index is 13.2. The van der Waals surface area contributed by atoms with Gasteiger partial charge in [-0.2, -0.15) is 0 Å². The van der Waals surface area contributed by atoms with Gasteiger partial charge in [0.05, 0.1) is 27.2 Å². The van der Waals surface area contributed by atoms with Crippen molar-refractivity contribution in [2.45, 2.75) is 29.3 Å². The van der Waals surface area contributed by atoms with E-state index in [1.807, 2.05) is 30.3 Å². The quantitative estimate of drug-likeness (QED) is 0.602. The molecule has 0 bridgehead atoms. The highest BCUT2D eigenvalue weighted by atomic mass is 35.5. The molecule has 1 saturated carbocycles. The van der Waals surface area contributed by atoms with E-state index in [0.717, 1.165) is 18.2 Å². The molecule has 2 saturated heterocycles. The average Bonchev–Trinajstić information content (AvgIpc) is 3.56. The zero-order valence-corrected chi connectivity index (χ0v) is 21.0. The minimum absolute atomic E-state index is 0.0242. The molecule has 3 fully saturated rings. The monoisotopic (exact) mass is 536 g/mol. The highest BCUT2D eigenvalue weighted by Crippen LogP contribution is 2.47. The smallest absolute Gasteiger partial charge is 0.320 e. The lowest BCUT2D eigenvalue weighted by molar-refractivity contribution is -0.129. The number of imide groups is 1. The van der Waals surface area contributed by atoms with Crippen molar-refractivity contribution in [3.63, 3.8) is 0 Å². The molecule has 5 amide bonds. The second kappa shape index (κ2) is 8.69. The van der Waals surface area contributed by atoms with Crippen molar-refractivity contribution < 1.29 is 22.8 Å². The average molecular weight is 537 g/mol. The molecule has 2 aliphatic heterocycles. The molecular weight excluding hydrogens is 515 g/mol. The summed E-state index contributed by atoms with van der Waals surface area (Å²) in [4.78, 5) is 43.4. The van der Waals surface area contributed by atoms with Crippen LogP contribution in [0.4, 0.5) is 15.3 Å². The minimum atomic E-state index is -3.54. The van der Waals surface area contributed by atoms with E-state index in [4.69, 9.17) is 23.2 Å². The van der Waals surface area contributed by atoms with Crippen LogP contribution in [0.3, 0.4) is 0 Å². The van der Waals surface area contributed by atoms with Gasteiger partial charge in [0.15, 0.2) is 9.84 Å². The summed E-state index contributed by atoms with van der Waals surface area (Å²) < 4.78 is 23.6. The third kappa shape index (κ3) is 4.34. The van der Waals surface area contributed by atoms with Crippen LogP contribution in [-0.4, -0.2) is 79.1 Å². The number of rotatable bonds is 4. The van der Waals surface area contributed by atoms with E-state index in [1.165, 1.54) is 26.8 Å². The Labute approximate surface area is 212 Å². The lowest BCUT2D eigenvalue weighted by Gasteiger charge is -2.35. The summed E-state index contributed by atoms with van der Waals surface area (Å²) in [6.07, 6.45) is 1.76. The Kier molecular flexibility index (Phi) is 5.93. The van der Waals surface area contributed by atoms with E-state index < -0.39 is 21.9 Å². The maximum Gasteiger partial charge on any atom is 0.327 e. The number of urea groups is 2. The number of hydrogen-bond acceptors (Lipinski definition) is 5. The summed E-state index contributed by atoms with van der Waals surface area (Å²) in [5.74, 6) is -0.173. The molecule has 35 heavy (non-hydrogen) atoms. The van der Waals surface area contributed by atoms with Gasteiger partial charge in [-0.15, -0.1) is 0 Å². The molecule has 3 atom stereocenters. The van der Waals surface area contributed by atoms with Crippen LogP contribution in [0.2, 0.25) is 10.0 Å². The molecule has 1 aliphatic carbocycles. The molecule has 5 rings (SSSR count). The van der Waals surface area contributed by atoms with Crippen molar-refractivity contribution in [3.8, 4) is 0 Å². The van der Waals surface area contributed by atoms with Crippen LogP contribution in [0.1, 0.15) is 17.9 Å². The normalized spacial score (nSPS) is 24.0. The lowest BCUT2D eigenvalue weighted by Crippen LogP contribution is -2.55. The Morgan fingerprint density at radius 1 is 1.06 bits per heavy atom. The number of nitrogens with one attached hydrogen (secondary N) is 1. The highest BCUT2D eigenvalue weighted by Gasteiger charge is 2.56. The Balaban J connectivity index is 1.28. The summed E-state index contributed by atoms with van der Waals surface area (Å²) in [6.45, 7) is 0.474. The maximum atomic E-state index is 13.2. The number of benzene rings is 2. The van der Waals surface area contributed by atoms with Gasteiger partial charge >= 0.3 is 12.1 Å². The van der Waals surface area contributed by atoms with Gasteiger partial charge in [-0.1, -0.05) is 53.5 Å². The molecule has 1 N–H and O–H groups in total. The predicted octanol–water partition coefficient (Wildman–Crippen LogP) is 3.43. The molecule has 12 heteroatoms. The van der Waals surface area contributed by atoms with Crippen LogP contribution in [0, 0.1) is 0 Å². The number of piperazine rings is 1. The van der Waals surface area contributed by atoms with E-state index in [9.17, 15) is 22.8 Å². The first-order chi connectivity index (χ1) is 16.6. The number of nitrogens with zero attached hydrogens (tertiary/aromatic N) is 3. The molecule has 0 spiro atoms. The molecule has 0 radical (unpaired) electrons. The Hall–Kier alpha value is -2.82. The summed E-state index contributed by atoms with van der Waals surface area (Å²) in [5.41, 5.74) is 1.17. The Morgan fingerprint density at radius 3 is 2.34 bits per heavy atom. The number of fused-ring (bicyclic) bond motifs is 1. The van der Waals surface area contributed by atoms with E-state index >= 15 is 0 Å². The summed E-state index contributed by atoms with van der Waals surface area (Å²) in [5, 5.41) is 2.56. The van der Waals surface area contributed by atoms with Crippen molar-refractivity contribution in [2.75, 3.05) is 31.2 Å². The van der Waals surface area contributed by atoms with Crippen LogP contribution in [0.25, 0.3) is 0 Å². The number of hydrogen-bond donors (Lipinski definition) is 1. The van der Waals surface area contributed by atoms with Crippen LogP contribution in [-0.2, 0) is 14.6 Å². The first-order valence-electron chi connectivity index (χ1n) is 11.0. The van der Waals surface area contributed by atoms with Crippen molar-refractivity contribution in [3.05, 3.63) is 58.1 Å². The largest absolute Gasteiger partial charge is 0.327 e. The minimum Gasteiger partial charge on any atom is -0.320 e. The second-order valence-corrected chi connectivity index (χ2v) is 11.8. The summed E-state index contributed by atoms with van der Waals surface area (Å²) >= 11 is 12.4. The number of halogens is 2. The number of sulfone groups is 1. The van der Waals surface area contributed by atoms with Gasteiger partial charge in [-0.25, -0.2) is 18.0 Å². The van der Waals surface area contributed by atoms with Gasteiger partial charge in [-0.3, -0.25) is 9.69 Å². The molecule has 0 aromatic heterocycles. The van der Waals surface area contributed by atoms with Crippen LogP contribution >= 0.6 is 23.2 Å². The third-order valence-electron chi connectivity index (χ3n) is 6.63. The summed E-state index contributed by atoms with van der Waals surface area (Å²) in [7, 11) is -3.54. The fourth-order valence-corrected chi connectivity index (χ4v) is 6.08. The van der Waals surface area contributed by atoms with Crippen molar-refractivity contribution in [1.82, 2.24) is 14.7 Å². The Bertz CT molecular complexity index is 1310. The Morgan fingerprint density at radius 2 is 1.71 bits per heavy atom. The molecule has 9 nitrogen and oxygen atoms in total. The molecular formula is C23H22Cl2N4O5S. The summed E-state index contributed by atoms with van der Waals surface area (Å²) in [6, 6.07) is 10.4.